The Bertz CT molecular complexity index is 741. The lowest BCUT2D eigenvalue weighted by atomic mass is 10.0. The highest BCUT2D eigenvalue weighted by atomic mass is 35.5. The number of benzene rings is 2. The average molecular weight is 282 g/mol. The highest BCUT2D eigenvalue weighted by molar-refractivity contribution is 6.32. The molecule has 0 saturated heterocycles. The fraction of sp³-hybridized carbons (Fsp3) is 0. The van der Waals surface area contributed by atoms with Crippen LogP contribution in [0.25, 0.3) is 22.4 Å². The van der Waals surface area contributed by atoms with E-state index in [0.29, 0.717) is 5.02 Å². The van der Waals surface area contributed by atoms with Crippen LogP contribution in [0.3, 0.4) is 0 Å². The Morgan fingerprint density at radius 3 is 2.35 bits per heavy atom. The molecule has 3 heteroatoms. The molecule has 1 heterocycles. The molecule has 0 radical (unpaired) electrons. The first kappa shape index (κ1) is 12.7. The quantitative estimate of drug-likeness (QED) is 0.733. The van der Waals surface area contributed by atoms with Crippen LogP contribution in [-0.2, 0) is 0 Å². The Labute approximate surface area is 122 Å². The first-order valence-corrected chi connectivity index (χ1v) is 6.62. The molecule has 2 aromatic carbocycles. The lowest BCUT2D eigenvalue weighted by Gasteiger charge is -2.06. The summed E-state index contributed by atoms with van der Waals surface area (Å²) in [5.41, 5.74) is 3.94. The largest absolute Gasteiger partial charge is 0.506 e. The number of phenols is 1. The first-order valence-electron chi connectivity index (χ1n) is 6.24. The molecule has 98 valence electrons. The van der Waals surface area contributed by atoms with Gasteiger partial charge in [-0.1, -0.05) is 41.9 Å². The van der Waals surface area contributed by atoms with E-state index in [1.165, 1.54) is 0 Å². The zero-order chi connectivity index (χ0) is 13.9. The molecule has 0 aliphatic carbocycles. The number of hydrogen-bond donors (Lipinski definition) is 1. The second-order valence-corrected chi connectivity index (χ2v) is 4.87. The van der Waals surface area contributed by atoms with Gasteiger partial charge < -0.3 is 5.11 Å². The molecule has 0 atom stereocenters. The summed E-state index contributed by atoms with van der Waals surface area (Å²) in [7, 11) is 0. The van der Waals surface area contributed by atoms with E-state index < -0.39 is 0 Å². The molecule has 20 heavy (non-hydrogen) atoms. The molecule has 1 aromatic heterocycles. The van der Waals surface area contributed by atoms with Gasteiger partial charge in [-0.2, -0.15) is 0 Å². The highest BCUT2D eigenvalue weighted by Gasteiger charge is 2.05. The number of halogens is 1. The van der Waals surface area contributed by atoms with Crippen LogP contribution >= 0.6 is 11.6 Å². The van der Waals surface area contributed by atoms with Gasteiger partial charge in [0.25, 0.3) is 0 Å². The summed E-state index contributed by atoms with van der Waals surface area (Å²) in [6.07, 6.45) is 1.78. The Morgan fingerprint density at radius 1 is 0.800 bits per heavy atom. The molecule has 3 rings (SSSR count). The molecule has 0 amide bonds. The summed E-state index contributed by atoms with van der Waals surface area (Å²) in [4.78, 5) is 4.37. The topological polar surface area (TPSA) is 33.1 Å². The molecule has 2 nitrogen and oxygen atoms in total. The minimum Gasteiger partial charge on any atom is -0.506 e. The zero-order valence-corrected chi connectivity index (χ0v) is 11.4. The van der Waals surface area contributed by atoms with Gasteiger partial charge in [-0.05, 0) is 41.5 Å². The maximum atomic E-state index is 9.47. The Balaban J connectivity index is 2.05. The second-order valence-electron chi connectivity index (χ2n) is 4.46. The molecule has 0 bridgehead atoms. The van der Waals surface area contributed by atoms with Gasteiger partial charge in [-0.25, -0.2) is 0 Å². The summed E-state index contributed by atoms with van der Waals surface area (Å²) in [5.74, 6) is 0.0784. The average Bonchev–Trinajstić information content (AvgIpc) is 2.51. The third kappa shape index (κ3) is 2.51. The Kier molecular flexibility index (Phi) is 3.40. The SMILES string of the molecule is Oc1ccc(-c2cc(-c3ccccc3)ccn2)cc1Cl. The fourth-order valence-corrected chi connectivity index (χ4v) is 2.25. The normalized spacial score (nSPS) is 10.4. The summed E-state index contributed by atoms with van der Waals surface area (Å²) < 4.78 is 0. The first-order chi connectivity index (χ1) is 9.74. The molecule has 0 saturated carbocycles. The van der Waals surface area contributed by atoms with Crippen molar-refractivity contribution in [3.05, 3.63) is 71.9 Å². The van der Waals surface area contributed by atoms with E-state index in [2.05, 4.69) is 17.1 Å². The fourth-order valence-electron chi connectivity index (χ4n) is 2.06. The monoisotopic (exact) mass is 281 g/mol. The third-order valence-corrected chi connectivity index (χ3v) is 3.41. The van der Waals surface area contributed by atoms with Gasteiger partial charge in [-0.3, -0.25) is 4.98 Å². The van der Waals surface area contributed by atoms with Crippen LogP contribution in [-0.4, -0.2) is 10.1 Å². The summed E-state index contributed by atoms with van der Waals surface area (Å²) in [5, 5.41) is 9.80. The minimum atomic E-state index is 0.0784. The van der Waals surface area contributed by atoms with Crippen LogP contribution in [0.2, 0.25) is 5.02 Å². The maximum absolute atomic E-state index is 9.47. The predicted molar refractivity (Wildman–Crippen MR) is 81.8 cm³/mol. The van der Waals surface area contributed by atoms with E-state index in [1.54, 1.807) is 24.4 Å². The maximum Gasteiger partial charge on any atom is 0.134 e. The van der Waals surface area contributed by atoms with Gasteiger partial charge in [0.1, 0.15) is 5.75 Å². The van der Waals surface area contributed by atoms with Crippen molar-refractivity contribution in [3.63, 3.8) is 0 Å². The minimum absolute atomic E-state index is 0.0784. The van der Waals surface area contributed by atoms with E-state index in [-0.39, 0.29) is 5.75 Å². The molecular weight excluding hydrogens is 270 g/mol. The number of hydrogen-bond acceptors (Lipinski definition) is 2. The molecule has 0 spiro atoms. The molecule has 3 aromatic rings. The van der Waals surface area contributed by atoms with Gasteiger partial charge in [-0.15, -0.1) is 0 Å². The number of nitrogens with zero attached hydrogens (tertiary/aromatic N) is 1. The van der Waals surface area contributed by atoms with E-state index in [0.717, 1.165) is 22.4 Å². The molecule has 0 aliphatic rings. The van der Waals surface area contributed by atoms with Crippen molar-refractivity contribution in [1.82, 2.24) is 4.98 Å². The van der Waals surface area contributed by atoms with Crippen molar-refractivity contribution in [2.24, 2.45) is 0 Å². The lowest BCUT2D eigenvalue weighted by molar-refractivity contribution is 0.475. The van der Waals surface area contributed by atoms with E-state index in [4.69, 9.17) is 11.6 Å². The van der Waals surface area contributed by atoms with Gasteiger partial charge in [0.15, 0.2) is 0 Å². The number of phenolic OH excluding ortho intramolecular Hbond substituents is 1. The Morgan fingerprint density at radius 2 is 1.60 bits per heavy atom. The zero-order valence-electron chi connectivity index (χ0n) is 10.6. The summed E-state index contributed by atoms with van der Waals surface area (Å²) >= 11 is 5.94. The van der Waals surface area contributed by atoms with Crippen LogP contribution in [0.4, 0.5) is 0 Å². The number of aromatic hydroxyl groups is 1. The van der Waals surface area contributed by atoms with Gasteiger partial charge in [0.2, 0.25) is 0 Å². The van der Waals surface area contributed by atoms with Crippen LogP contribution in [0, 0.1) is 0 Å². The molecular formula is C17H12ClNO. The van der Waals surface area contributed by atoms with Crippen molar-refractivity contribution in [3.8, 4) is 28.1 Å². The second kappa shape index (κ2) is 5.35. The third-order valence-electron chi connectivity index (χ3n) is 3.11. The van der Waals surface area contributed by atoms with Crippen molar-refractivity contribution in [2.75, 3.05) is 0 Å². The number of pyridine rings is 1. The molecule has 0 fully saturated rings. The molecule has 0 unspecified atom stereocenters. The number of aromatic nitrogens is 1. The van der Waals surface area contributed by atoms with Crippen LogP contribution < -0.4 is 0 Å². The van der Waals surface area contributed by atoms with Crippen molar-refractivity contribution < 1.29 is 5.11 Å². The van der Waals surface area contributed by atoms with Gasteiger partial charge >= 0.3 is 0 Å². The van der Waals surface area contributed by atoms with E-state index in [9.17, 15) is 5.11 Å². The van der Waals surface area contributed by atoms with E-state index in [1.807, 2.05) is 30.3 Å². The van der Waals surface area contributed by atoms with Crippen molar-refractivity contribution in [2.45, 2.75) is 0 Å². The van der Waals surface area contributed by atoms with E-state index >= 15 is 0 Å². The highest BCUT2D eigenvalue weighted by Crippen LogP contribution is 2.30. The van der Waals surface area contributed by atoms with Crippen LogP contribution in [0.1, 0.15) is 0 Å². The van der Waals surface area contributed by atoms with Crippen LogP contribution in [0.15, 0.2) is 66.9 Å². The summed E-state index contributed by atoms with van der Waals surface area (Å²) in [6.45, 7) is 0. The number of rotatable bonds is 2. The standard InChI is InChI=1S/C17H12ClNO/c18-15-10-14(6-7-17(15)20)16-11-13(8-9-19-16)12-4-2-1-3-5-12/h1-11,20H. The smallest absolute Gasteiger partial charge is 0.134 e. The van der Waals surface area contributed by atoms with Crippen LogP contribution in [0.5, 0.6) is 5.75 Å². The molecule has 1 N–H and O–H groups in total. The van der Waals surface area contributed by atoms with Gasteiger partial charge in [0, 0.05) is 11.8 Å². The van der Waals surface area contributed by atoms with Crippen molar-refractivity contribution >= 4 is 11.6 Å². The van der Waals surface area contributed by atoms with Crippen molar-refractivity contribution in [1.29, 1.82) is 0 Å². The van der Waals surface area contributed by atoms with Gasteiger partial charge in [0.05, 0.1) is 10.7 Å². The molecule has 0 aliphatic heterocycles. The predicted octanol–water partition coefficient (Wildman–Crippen LogP) is 4.77. The lowest BCUT2D eigenvalue weighted by Crippen LogP contribution is -1.85. The Hall–Kier alpha value is -2.32. The summed E-state index contributed by atoms with van der Waals surface area (Å²) in [6, 6.07) is 19.2.